The lowest BCUT2D eigenvalue weighted by Crippen LogP contribution is -2.32. The number of nitrogens with zero attached hydrogens (tertiary/aromatic N) is 2. The molecule has 0 radical (unpaired) electrons. The SMILES string of the molecule is CCN(C(=O)Cc1ccccn1)c1cccc(C)c1. The van der Waals surface area contributed by atoms with Crippen LogP contribution < -0.4 is 4.90 Å². The quantitative estimate of drug-likeness (QED) is 0.840. The second-order valence-corrected chi connectivity index (χ2v) is 4.47. The van der Waals surface area contributed by atoms with Crippen LogP contribution in [0.15, 0.2) is 48.7 Å². The second-order valence-electron chi connectivity index (χ2n) is 4.47. The molecule has 19 heavy (non-hydrogen) atoms. The summed E-state index contributed by atoms with van der Waals surface area (Å²) < 4.78 is 0. The van der Waals surface area contributed by atoms with Gasteiger partial charge in [-0.1, -0.05) is 18.2 Å². The third-order valence-electron chi connectivity index (χ3n) is 2.99. The zero-order valence-electron chi connectivity index (χ0n) is 11.3. The maximum Gasteiger partial charge on any atom is 0.232 e. The first-order valence-corrected chi connectivity index (χ1v) is 6.47. The van der Waals surface area contributed by atoms with E-state index in [9.17, 15) is 4.79 Å². The summed E-state index contributed by atoms with van der Waals surface area (Å²) in [5.41, 5.74) is 2.91. The Balaban J connectivity index is 2.16. The molecule has 0 N–H and O–H groups in total. The van der Waals surface area contributed by atoms with Crippen LogP contribution in [0.3, 0.4) is 0 Å². The maximum absolute atomic E-state index is 12.3. The molecule has 0 saturated carbocycles. The van der Waals surface area contributed by atoms with Crippen molar-refractivity contribution in [2.24, 2.45) is 0 Å². The van der Waals surface area contributed by atoms with Crippen molar-refractivity contribution in [3.05, 3.63) is 59.9 Å². The molecule has 0 saturated heterocycles. The summed E-state index contributed by atoms with van der Waals surface area (Å²) in [6, 6.07) is 13.6. The third kappa shape index (κ3) is 3.41. The fourth-order valence-corrected chi connectivity index (χ4v) is 2.05. The van der Waals surface area contributed by atoms with Gasteiger partial charge in [-0.25, -0.2) is 0 Å². The minimum atomic E-state index is 0.0757. The van der Waals surface area contributed by atoms with Gasteiger partial charge in [-0.2, -0.15) is 0 Å². The molecular weight excluding hydrogens is 236 g/mol. The molecule has 2 rings (SSSR count). The Labute approximate surface area is 113 Å². The molecule has 0 unspecified atom stereocenters. The van der Waals surface area contributed by atoms with E-state index in [0.29, 0.717) is 13.0 Å². The van der Waals surface area contributed by atoms with Crippen LogP contribution in [0.4, 0.5) is 5.69 Å². The van der Waals surface area contributed by atoms with Crippen molar-refractivity contribution in [3.8, 4) is 0 Å². The predicted octanol–water partition coefficient (Wildman–Crippen LogP) is 2.99. The zero-order chi connectivity index (χ0) is 13.7. The van der Waals surface area contributed by atoms with Gasteiger partial charge < -0.3 is 4.90 Å². The lowest BCUT2D eigenvalue weighted by atomic mass is 10.2. The highest BCUT2D eigenvalue weighted by Crippen LogP contribution is 2.16. The van der Waals surface area contributed by atoms with Crippen LogP contribution in [-0.4, -0.2) is 17.4 Å². The monoisotopic (exact) mass is 254 g/mol. The van der Waals surface area contributed by atoms with Crippen LogP contribution in [0.2, 0.25) is 0 Å². The summed E-state index contributed by atoms with van der Waals surface area (Å²) in [6.07, 6.45) is 2.05. The average Bonchev–Trinajstić information content (AvgIpc) is 2.41. The number of carbonyl (C=O) groups excluding carboxylic acids is 1. The van der Waals surface area contributed by atoms with E-state index in [1.807, 2.05) is 56.3 Å². The first kappa shape index (κ1) is 13.3. The molecule has 98 valence electrons. The summed E-state index contributed by atoms with van der Waals surface area (Å²) in [7, 11) is 0. The number of carbonyl (C=O) groups is 1. The lowest BCUT2D eigenvalue weighted by molar-refractivity contribution is -0.118. The molecule has 1 aromatic carbocycles. The number of aromatic nitrogens is 1. The van der Waals surface area contributed by atoms with Crippen LogP contribution in [0.5, 0.6) is 0 Å². The standard InChI is InChI=1S/C16H18N2O/c1-3-18(15-9-6-7-13(2)11-15)16(19)12-14-8-4-5-10-17-14/h4-11H,3,12H2,1-2H3. The Bertz CT molecular complexity index is 552. The van der Waals surface area contributed by atoms with Gasteiger partial charge in [0, 0.05) is 24.1 Å². The zero-order valence-corrected chi connectivity index (χ0v) is 11.3. The number of hydrogen-bond acceptors (Lipinski definition) is 2. The predicted molar refractivity (Wildman–Crippen MR) is 77.1 cm³/mol. The Morgan fingerprint density at radius 1 is 1.21 bits per heavy atom. The fraction of sp³-hybridized carbons (Fsp3) is 0.250. The van der Waals surface area contributed by atoms with E-state index in [-0.39, 0.29) is 5.91 Å². The van der Waals surface area contributed by atoms with Gasteiger partial charge in [-0.15, -0.1) is 0 Å². The number of aryl methyl sites for hydroxylation is 1. The van der Waals surface area contributed by atoms with Gasteiger partial charge in [0.25, 0.3) is 0 Å². The van der Waals surface area contributed by atoms with E-state index in [0.717, 1.165) is 16.9 Å². The summed E-state index contributed by atoms with van der Waals surface area (Å²) in [6.45, 7) is 4.67. The van der Waals surface area contributed by atoms with Crippen molar-refractivity contribution < 1.29 is 4.79 Å². The smallest absolute Gasteiger partial charge is 0.232 e. The first-order chi connectivity index (χ1) is 9.20. The molecule has 3 heteroatoms. The highest BCUT2D eigenvalue weighted by atomic mass is 16.2. The van der Waals surface area contributed by atoms with Crippen molar-refractivity contribution in [1.82, 2.24) is 4.98 Å². The molecule has 2 aromatic rings. The molecule has 3 nitrogen and oxygen atoms in total. The number of pyridine rings is 1. The summed E-state index contributed by atoms with van der Waals surface area (Å²) in [4.78, 5) is 18.3. The Morgan fingerprint density at radius 2 is 2.05 bits per heavy atom. The van der Waals surface area contributed by atoms with E-state index in [1.54, 1.807) is 11.1 Å². The topological polar surface area (TPSA) is 33.2 Å². The number of rotatable bonds is 4. The number of hydrogen-bond donors (Lipinski definition) is 0. The normalized spacial score (nSPS) is 10.2. The van der Waals surface area contributed by atoms with E-state index < -0.39 is 0 Å². The van der Waals surface area contributed by atoms with Crippen molar-refractivity contribution in [1.29, 1.82) is 0 Å². The molecule has 0 aliphatic heterocycles. The van der Waals surface area contributed by atoms with Gasteiger partial charge in [-0.05, 0) is 43.7 Å². The van der Waals surface area contributed by atoms with E-state index >= 15 is 0 Å². The molecular formula is C16H18N2O. The van der Waals surface area contributed by atoms with Gasteiger partial charge >= 0.3 is 0 Å². The fourth-order valence-electron chi connectivity index (χ4n) is 2.05. The molecule has 1 heterocycles. The minimum Gasteiger partial charge on any atom is -0.312 e. The molecule has 0 atom stereocenters. The summed E-state index contributed by atoms with van der Waals surface area (Å²) in [5, 5.41) is 0. The van der Waals surface area contributed by atoms with Crippen LogP contribution in [-0.2, 0) is 11.2 Å². The molecule has 0 spiro atoms. The molecule has 1 amide bonds. The number of amides is 1. The number of likely N-dealkylation sites (N-methyl/N-ethyl adjacent to an activating group) is 1. The highest BCUT2D eigenvalue weighted by Gasteiger charge is 2.14. The second kappa shape index (κ2) is 6.14. The number of anilines is 1. The highest BCUT2D eigenvalue weighted by molar-refractivity contribution is 5.94. The molecule has 0 fully saturated rings. The van der Waals surface area contributed by atoms with Crippen LogP contribution in [0.1, 0.15) is 18.2 Å². The van der Waals surface area contributed by atoms with E-state index in [2.05, 4.69) is 4.98 Å². The summed E-state index contributed by atoms with van der Waals surface area (Å²) in [5.74, 6) is 0.0757. The molecule has 0 aliphatic rings. The van der Waals surface area contributed by atoms with Crippen molar-refractivity contribution in [2.45, 2.75) is 20.3 Å². The van der Waals surface area contributed by atoms with Gasteiger partial charge in [0.15, 0.2) is 0 Å². The van der Waals surface area contributed by atoms with Crippen molar-refractivity contribution >= 4 is 11.6 Å². The number of benzene rings is 1. The van der Waals surface area contributed by atoms with Gasteiger partial charge in [0.1, 0.15) is 0 Å². The van der Waals surface area contributed by atoms with Gasteiger partial charge in [0.2, 0.25) is 5.91 Å². The molecule has 0 aliphatic carbocycles. The largest absolute Gasteiger partial charge is 0.312 e. The Morgan fingerprint density at radius 3 is 2.68 bits per heavy atom. The van der Waals surface area contributed by atoms with Gasteiger partial charge in [0.05, 0.1) is 6.42 Å². The Hall–Kier alpha value is -2.16. The lowest BCUT2D eigenvalue weighted by Gasteiger charge is -2.21. The van der Waals surface area contributed by atoms with Crippen molar-refractivity contribution in [3.63, 3.8) is 0 Å². The van der Waals surface area contributed by atoms with Crippen LogP contribution >= 0.6 is 0 Å². The molecule has 0 bridgehead atoms. The van der Waals surface area contributed by atoms with Crippen LogP contribution in [0.25, 0.3) is 0 Å². The minimum absolute atomic E-state index is 0.0757. The third-order valence-corrected chi connectivity index (χ3v) is 2.99. The maximum atomic E-state index is 12.3. The Kier molecular flexibility index (Phi) is 4.29. The summed E-state index contributed by atoms with van der Waals surface area (Å²) >= 11 is 0. The van der Waals surface area contributed by atoms with Crippen LogP contribution in [0, 0.1) is 6.92 Å². The van der Waals surface area contributed by atoms with E-state index in [1.165, 1.54) is 0 Å². The van der Waals surface area contributed by atoms with Gasteiger partial charge in [-0.3, -0.25) is 9.78 Å². The van der Waals surface area contributed by atoms with E-state index in [4.69, 9.17) is 0 Å². The first-order valence-electron chi connectivity index (χ1n) is 6.47. The molecule has 1 aromatic heterocycles. The average molecular weight is 254 g/mol. The van der Waals surface area contributed by atoms with Crippen molar-refractivity contribution in [2.75, 3.05) is 11.4 Å².